The van der Waals surface area contributed by atoms with Crippen LogP contribution in [0.15, 0.2) is 4.99 Å². The van der Waals surface area contributed by atoms with Gasteiger partial charge in [-0.25, -0.2) is 0 Å². The van der Waals surface area contributed by atoms with Crippen LogP contribution in [0.5, 0.6) is 0 Å². The van der Waals surface area contributed by atoms with Crippen molar-refractivity contribution in [3.8, 4) is 0 Å². The van der Waals surface area contributed by atoms with E-state index in [2.05, 4.69) is 29.0 Å². The average molecular weight is 501 g/mol. The number of nitrogens with zero attached hydrogens (tertiary/aromatic N) is 3. The summed E-state index contributed by atoms with van der Waals surface area (Å²) in [7, 11) is 0. The van der Waals surface area contributed by atoms with Crippen LogP contribution in [-0.4, -0.2) is 80.5 Å². The first-order valence-electron chi connectivity index (χ1n) is 14.2. The Bertz CT molecular complexity index is 680. The van der Waals surface area contributed by atoms with Crippen LogP contribution in [0.2, 0.25) is 0 Å². The standard InChI is InChI=1S/C27H47F3N4O/c1-3-20(2)15-34-12-6-9-25-23(16-34)26(32-18-31-25)17-35-19-33-13-10-21(11-14-33)22-7-4-5-8-24(22)27(28,29)30/h20-25,31H,3-19H2,1-2H3. The third-order valence-corrected chi connectivity index (χ3v) is 9.26. The van der Waals surface area contributed by atoms with Gasteiger partial charge >= 0.3 is 6.18 Å². The Kier molecular flexibility index (Phi) is 9.92. The highest BCUT2D eigenvalue weighted by Crippen LogP contribution is 2.46. The largest absolute Gasteiger partial charge is 0.392 e. The monoisotopic (exact) mass is 500 g/mol. The molecule has 4 rings (SSSR count). The number of alkyl halides is 3. The molecule has 0 aromatic rings. The van der Waals surface area contributed by atoms with Gasteiger partial charge in [-0.05, 0) is 62.8 Å². The van der Waals surface area contributed by atoms with Gasteiger partial charge in [0.2, 0.25) is 0 Å². The lowest BCUT2D eigenvalue weighted by Gasteiger charge is -2.42. The van der Waals surface area contributed by atoms with Gasteiger partial charge in [0.05, 0.1) is 25.9 Å². The minimum absolute atomic E-state index is 0.179. The normalized spacial score (nSPS) is 33.1. The van der Waals surface area contributed by atoms with E-state index in [1.54, 1.807) is 0 Å². The van der Waals surface area contributed by atoms with Gasteiger partial charge in [-0.1, -0.05) is 33.1 Å². The molecule has 5 atom stereocenters. The third kappa shape index (κ3) is 7.42. The van der Waals surface area contributed by atoms with Crippen molar-refractivity contribution < 1.29 is 17.9 Å². The number of ether oxygens (including phenoxy) is 1. The number of aliphatic imine (C=N–C) groups is 1. The number of nitrogens with one attached hydrogen (secondary N) is 1. The van der Waals surface area contributed by atoms with Gasteiger partial charge in [0.15, 0.2) is 0 Å². The highest BCUT2D eigenvalue weighted by atomic mass is 19.4. The van der Waals surface area contributed by atoms with Crippen LogP contribution in [0.3, 0.4) is 0 Å². The summed E-state index contributed by atoms with van der Waals surface area (Å²) in [5.74, 6) is 0.0559. The maximum Gasteiger partial charge on any atom is 0.392 e. The van der Waals surface area contributed by atoms with E-state index in [0.717, 1.165) is 64.8 Å². The van der Waals surface area contributed by atoms with Crippen LogP contribution >= 0.6 is 0 Å². The molecule has 0 aromatic carbocycles. The molecule has 202 valence electrons. The van der Waals surface area contributed by atoms with Crippen molar-refractivity contribution in [2.75, 3.05) is 52.7 Å². The van der Waals surface area contributed by atoms with Crippen molar-refractivity contribution >= 4 is 5.71 Å². The van der Waals surface area contributed by atoms with E-state index in [4.69, 9.17) is 9.73 Å². The Labute approximate surface area is 210 Å². The van der Waals surface area contributed by atoms with Crippen molar-refractivity contribution in [2.24, 2.45) is 34.6 Å². The van der Waals surface area contributed by atoms with Gasteiger partial charge in [-0.15, -0.1) is 0 Å². The predicted molar refractivity (Wildman–Crippen MR) is 134 cm³/mol. The number of likely N-dealkylation sites (tertiary alicyclic amines) is 2. The molecule has 2 saturated heterocycles. The SMILES string of the molecule is CCC(C)CN1CCCC2NCN=C(COCN3CCC(C4CCCCC4C(F)(F)F)CC3)C2C1. The van der Waals surface area contributed by atoms with E-state index in [9.17, 15) is 13.2 Å². The Morgan fingerprint density at radius 1 is 1.03 bits per heavy atom. The van der Waals surface area contributed by atoms with Crippen molar-refractivity contribution in [3.05, 3.63) is 0 Å². The molecule has 0 radical (unpaired) electrons. The second-order valence-electron chi connectivity index (χ2n) is 11.7. The zero-order valence-corrected chi connectivity index (χ0v) is 21.9. The van der Waals surface area contributed by atoms with Crippen molar-refractivity contribution in [1.29, 1.82) is 0 Å². The fourth-order valence-corrected chi connectivity index (χ4v) is 7.00. The summed E-state index contributed by atoms with van der Waals surface area (Å²) in [6, 6.07) is 0.487. The first kappa shape index (κ1) is 27.3. The molecule has 0 amide bonds. The number of piperidine rings is 1. The molecule has 5 nitrogen and oxygen atoms in total. The first-order chi connectivity index (χ1) is 16.8. The Hall–Kier alpha value is -0.700. The summed E-state index contributed by atoms with van der Waals surface area (Å²) in [6.45, 7) is 11.5. The van der Waals surface area contributed by atoms with Gasteiger partial charge in [-0.2, -0.15) is 13.2 Å². The number of hydrogen-bond acceptors (Lipinski definition) is 5. The molecule has 3 heterocycles. The fourth-order valence-electron chi connectivity index (χ4n) is 7.00. The molecule has 0 spiro atoms. The average Bonchev–Trinajstić information content (AvgIpc) is 3.06. The van der Waals surface area contributed by atoms with Crippen LogP contribution in [0.1, 0.15) is 71.6 Å². The van der Waals surface area contributed by atoms with Crippen molar-refractivity contribution in [1.82, 2.24) is 15.1 Å². The number of fused-ring (bicyclic) bond motifs is 1. The lowest BCUT2D eigenvalue weighted by molar-refractivity contribution is -0.203. The van der Waals surface area contributed by atoms with Gasteiger partial charge in [0, 0.05) is 43.9 Å². The minimum Gasteiger partial charge on any atom is -0.360 e. The molecule has 0 bridgehead atoms. The number of hydrogen-bond donors (Lipinski definition) is 1. The summed E-state index contributed by atoms with van der Waals surface area (Å²) < 4.78 is 46.9. The molecule has 0 aromatic heterocycles. The Morgan fingerprint density at radius 3 is 2.54 bits per heavy atom. The van der Waals surface area contributed by atoms with E-state index in [1.165, 1.54) is 25.0 Å². The van der Waals surface area contributed by atoms with Gasteiger partial charge in [0.25, 0.3) is 0 Å². The molecule has 8 heteroatoms. The van der Waals surface area contributed by atoms with Crippen LogP contribution in [0.25, 0.3) is 0 Å². The first-order valence-corrected chi connectivity index (χ1v) is 14.2. The summed E-state index contributed by atoms with van der Waals surface area (Å²) in [5, 5.41) is 3.61. The summed E-state index contributed by atoms with van der Waals surface area (Å²) in [5.41, 5.74) is 1.19. The van der Waals surface area contributed by atoms with E-state index < -0.39 is 12.1 Å². The number of halogens is 3. The van der Waals surface area contributed by atoms with Gasteiger partial charge in [0.1, 0.15) is 0 Å². The van der Waals surface area contributed by atoms with Crippen LogP contribution in [-0.2, 0) is 4.74 Å². The molecular formula is C27H47F3N4O. The lowest BCUT2D eigenvalue weighted by Crippen LogP contribution is -2.49. The molecule has 35 heavy (non-hydrogen) atoms. The highest BCUT2D eigenvalue weighted by molar-refractivity contribution is 5.89. The summed E-state index contributed by atoms with van der Waals surface area (Å²) in [4.78, 5) is 9.70. The maximum absolute atomic E-state index is 13.6. The van der Waals surface area contributed by atoms with E-state index in [0.29, 0.717) is 44.3 Å². The van der Waals surface area contributed by atoms with Crippen molar-refractivity contribution in [3.63, 3.8) is 0 Å². The van der Waals surface area contributed by atoms with Crippen LogP contribution in [0.4, 0.5) is 13.2 Å². The lowest BCUT2D eigenvalue weighted by atomic mass is 9.69. The Morgan fingerprint density at radius 2 is 1.80 bits per heavy atom. The van der Waals surface area contributed by atoms with Crippen molar-refractivity contribution in [2.45, 2.75) is 83.9 Å². The zero-order chi connectivity index (χ0) is 24.8. The summed E-state index contributed by atoms with van der Waals surface area (Å²) >= 11 is 0. The Balaban J connectivity index is 1.23. The predicted octanol–water partition coefficient (Wildman–Crippen LogP) is 5.17. The second-order valence-corrected chi connectivity index (χ2v) is 11.7. The van der Waals surface area contributed by atoms with Crippen LogP contribution < -0.4 is 5.32 Å². The highest BCUT2D eigenvalue weighted by Gasteiger charge is 2.48. The molecule has 4 aliphatic rings. The molecule has 1 aliphatic carbocycles. The molecule has 3 fully saturated rings. The smallest absolute Gasteiger partial charge is 0.360 e. The molecule has 3 aliphatic heterocycles. The maximum atomic E-state index is 13.6. The van der Waals surface area contributed by atoms with E-state index >= 15 is 0 Å². The molecular weight excluding hydrogens is 453 g/mol. The van der Waals surface area contributed by atoms with E-state index in [-0.39, 0.29) is 11.8 Å². The van der Waals surface area contributed by atoms with E-state index in [1.807, 2.05) is 0 Å². The molecule has 5 unspecified atom stereocenters. The molecule has 1 saturated carbocycles. The number of rotatable bonds is 8. The quantitative estimate of drug-likeness (QED) is 0.499. The fraction of sp³-hybridized carbons (Fsp3) is 0.963. The third-order valence-electron chi connectivity index (χ3n) is 9.26. The van der Waals surface area contributed by atoms with Crippen LogP contribution in [0, 0.1) is 29.6 Å². The summed E-state index contributed by atoms with van der Waals surface area (Å²) in [6.07, 6.45) is 4.06. The second kappa shape index (κ2) is 12.7. The topological polar surface area (TPSA) is 40.1 Å². The van der Waals surface area contributed by atoms with Gasteiger partial charge in [-0.3, -0.25) is 15.2 Å². The molecule has 1 N–H and O–H groups in total. The minimum atomic E-state index is -4.04. The zero-order valence-electron chi connectivity index (χ0n) is 21.9. The van der Waals surface area contributed by atoms with Gasteiger partial charge < -0.3 is 9.64 Å².